The molecule has 3 N–H and O–H groups in total. The molecule has 1 aromatic rings. The van der Waals surface area contributed by atoms with Crippen molar-refractivity contribution in [2.45, 2.75) is 26.4 Å². The summed E-state index contributed by atoms with van der Waals surface area (Å²) in [6, 6.07) is 5.29. The van der Waals surface area contributed by atoms with Gasteiger partial charge in [-0.3, -0.25) is 4.79 Å². The molecule has 1 aromatic carbocycles. The summed E-state index contributed by atoms with van der Waals surface area (Å²) in [7, 11) is 1.50. The molecule has 0 atom stereocenters. The Morgan fingerprint density at radius 3 is 2.72 bits per heavy atom. The van der Waals surface area contributed by atoms with E-state index in [4.69, 9.17) is 4.74 Å². The van der Waals surface area contributed by atoms with E-state index in [0.29, 0.717) is 12.3 Å². The lowest BCUT2D eigenvalue weighted by Crippen LogP contribution is -2.37. The third-order valence-corrected chi connectivity index (χ3v) is 2.31. The molecule has 0 aliphatic carbocycles. The molecule has 0 aliphatic heterocycles. The lowest BCUT2D eigenvalue weighted by atomic mass is 10.2. The molecule has 0 radical (unpaired) electrons. The van der Waals surface area contributed by atoms with Crippen molar-refractivity contribution in [2.75, 3.05) is 13.7 Å². The van der Waals surface area contributed by atoms with Crippen LogP contribution in [0.25, 0.3) is 0 Å². The van der Waals surface area contributed by atoms with Gasteiger partial charge in [-0.2, -0.15) is 0 Å². The van der Waals surface area contributed by atoms with Crippen molar-refractivity contribution in [3.8, 4) is 11.5 Å². The third-order valence-electron chi connectivity index (χ3n) is 2.31. The number of phenols is 1. The number of benzene rings is 1. The topological polar surface area (TPSA) is 70.6 Å². The Labute approximate surface area is 107 Å². The summed E-state index contributed by atoms with van der Waals surface area (Å²) >= 11 is 0. The van der Waals surface area contributed by atoms with Crippen LogP contribution in [-0.4, -0.2) is 30.7 Å². The SMILES string of the molecule is COc1ccc(CNCC(=O)NC(C)C)cc1O. The monoisotopic (exact) mass is 252 g/mol. The van der Waals surface area contributed by atoms with E-state index < -0.39 is 0 Å². The molecule has 0 heterocycles. The normalized spacial score (nSPS) is 10.4. The molecule has 0 aliphatic rings. The Balaban J connectivity index is 2.40. The fraction of sp³-hybridized carbons (Fsp3) is 0.462. The Morgan fingerprint density at radius 2 is 2.17 bits per heavy atom. The predicted molar refractivity (Wildman–Crippen MR) is 69.6 cm³/mol. The zero-order chi connectivity index (χ0) is 13.5. The molecule has 0 saturated carbocycles. The molecule has 100 valence electrons. The summed E-state index contributed by atoms with van der Waals surface area (Å²) < 4.78 is 4.95. The molecule has 1 rings (SSSR count). The van der Waals surface area contributed by atoms with Crippen molar-refractivity contribution >= 4 is 5.91 Å². The van der Waals surface area contributed by atoms with Gasteiger partial charge in [0.05, 0.1) is 13.7 Å². The maximum atomic E-state index is 11.4. The summed E-state index contributed by atoms with van der Waals surface area (Å²) in [5.74, 6) is 0.502. The van der Waals surface area contributed by atoms with Gasteiger partial charge >= 0.3 is 0 Å². The van der Waals surface area contributed by atoms with Crippen molar-refractivity contribution < 1.29 is 14.6 Å². The predicted octanol–water partition coefficient (Wildman–Crippen LogP) is 1.01. The van der Waals surface area contributed by atoms with E-state index in [1.54, 1.807) is 12.1 Å². The first-order valence-corrected chi connectivity index (χ1v) is 5.89. The van der Waals surface area contributed by atoms with E-state index in [9.17, 15) is 9.90 Å². The van der Waals surface area contributed by atoms with Gasteiger partial charge in [0.15, 0.2) is 11.5 Å². The Kier molecular flexibility index (Phi) is 5.45. The Bertz CT molecular complexity index is 405. The fourth-order valence-electron chi connectivity index (χ4n) is 1.54. The Morgan fingerprint density at radius 1 is 1.44 bits per heavy atom. The van der Waals surface area contributed by atoms with Gasteiger partial charge in [-0.05, 0) is 31.5 Å². The van der Waals surface area contributed by atoms with E-state index in [0.717, 1.165) is 5.56 Å². The quantitative estimate of drug-likeness (QED) is 0.707. The number of phenolic OH excluding ortho intramolecular Hbond substituents is 1. The molecule has 5 heteroatoms. The van der Waals surface area contributed by atoms with E-state index in [2.05, 4.69) is 10.6 Å². The van der Waals surface area contributed by atoms with E-state index >= 15 is 0 Å². The largest absolute Gasteiger partial charge is 0.504 e. The number of methoxy groups -OCH3 is 1. The molecule has 1 amide bonds. The second-order valence-corrected chi connectivity index (χ2v) is 4.33. The molecular weight excluding hydrogens is 232 g/mol. The number of rotatable bonds is 6. The maximum absolute atomic E-state index is 11.4. The van der Waals surface area contributed by atoms with E-state index in [1.165, 1.54) is 7.11 Å². The average Bonchev–Trinajstić information content (AvgIpc) is 2.28. The second-order valence-electron chi connectivity index (χ2n) is 4.33. The highest BCUT2D eigenvalue weighted by molar-refractivity contribution is 5.78. The van der Waals surface area contributed by atoms with Gasteiger partial charge in [0, 0.05) is 12.6 Å². The van der Waals surface area contributed by atoms with Crippen molar-refractivity contribution in [2.24, 2.45) is 0 Å². The van der Waals surface area contributed by atoms with Gasteiger partial charge in [-0.1, -0.05) is 6.07 Å². The highest BCUT2D eigenvalue weighted by Crippen LogP contribution is 2.25. The van der Waals surface area contributed by atoms with Crippen molar-refractivity contribution in [1.82, 2.24) is 10.6 Å². The molecule has 0 saturated heterocycles. The summed E-state index contributed by atoms with van der Waals surface area (Å²) in [6.07, 6.45) is 0. The van der Waals surface area contributed by atoms with E-state index in [-0.39, 0.29) is 24.2 Å². The minimum atomic E-state index is -0.0391. The lowest BCUT2D eigenvalue weighted by molar-refractivity contribution is -0.120. The molecule has 0 bridgehead atoms. The number of aromatic hydroxyl groups is 1. The van der Waals surface area contributed by atoms with Crippen molar-refractivity contribution in [3.05, 3.63) is 23.8 Å². The first-order valence-electron chi connectivity index (χ1n) is 5.89. The highest BCUT2D eigenvalue weighted by Gasteiger charge is 2.04. The van der Waals surface area contributed by atoms with Crippen LogP contribution < -0.4 is 15.4 Å². The van der Waals surface area contributed by atoms with Crippen LogP contribution in [0, 0.1) is 0 Å². The van der Waals surface area contributed by atoms with Crippen LogP contribution in [0.2, 0.25) is 0 Å². The van der Waals surface area contributed by atoms with Gasteiger partial charge in [0.25, 0.3) is 0 Å². The minimum Gasteiger partial charge on any atom is -0.504 e. The third kappa shape index (κ3) is 4.63. The Hall–Kier alpha value is -1.75. The van der Waals surface area contributed by atoms with Crippen LogP contribution in [0.15, 0.2) is 18.2 Å². The standard InChI is InChI=1S/C13H20N2O3/c1-9(2)15-13(17)8-14-7-10-4-5-12(18-3)11(16)6-10/h4-6,9,14,16H,7-8H2,1-3H3,(H,15,17). The molecule has 0 fully saturated rings. The van der Waals surface area contributed by atoms with Crippen LogP contribution in [0.5, 0.6) is 11.5 Å². The van der Waals surface area contributed by atoms with Gasteiger partial charge in [-0.25, -0.2) is 0 Å². The van der Waals surface area contributed by atoms with Crippen LogP contribution in [0.4, 0.5) is 0 Å². The summed E-state index contributed by atoms with van der Waals surface area (Å²) in [5.41, 5.74) is 0.894. The zero-order valence-corrected chi connectivity index (χ0v) is 11.0. The molecule has 0 unspecified atom stereocenters. The number of nitrogens with one attached hydrogen (secondary N) is 2. The second kappa shape index (κ2) is 6.86. The van der Waals surface area contributed by atoms with Crippen LogP contribution in [0.3, 0.4) is 0 Å². The van der Waals surface area contributed by atoms with Crippen molar-refractivity contribution in [1.29, 1.82) is 0 Å². The molecule has 0 spiro atoms. The number of amides is 1. The fourth-order valence-corrected chi connectivity index (χ4v) is 1.54. The molecule has 0 aromatic heterocycles. The van der Waals surface area contributed by atoms with Crippen LogP contribution in [0.1, 0.15) is 19.4 Å². The van der Waals surface area contributed by atoms with Gasteiger partial charge in [0.2, 0.25) is 5.91 Å². The number of carbonyl (C=O) groups excluding carboxylic acids is 1. The number of carbonyl (C=O) groups is 1. The first-order chi connectivity index (χ1) is 8.52. The lowest BCUT2D eigenvalue weighted by Gasteiger charge is -2.10. The minimum absolute atomic E-state index is 0.0391. The van der Waals surface area contributed by atoms with Crippen LogP contribution >= 0.6 is 0 Å². The van der Waals surface area contributed by atoms with Gasteiger partial charge < -0.3 is 20.5 Å². The smallest absolute Gasteiger partial charge is 0.234 e. The summed E-state index contributed by atoms with van der Waals surface area (Å²) in [6.45, 7) is 4.60. The average molecular weight is 252 g/mol. The zero-order valence-electron chi connectivity index (χ0n) is 11.0. The van der Waals surface area contributed by atoms with Crippen LogP contribution in [-0.2, 0) is 11.3 Å². The maximum Gasteiger partial charge on any atom is 0.234 e. The first kappa shape index (κ1) is 14.3. The number of hydrogen-bond donors (Lipinski definition) is 3. The molecule has 5 nitrogen and oxygen atoms in total. The molecular formula is C13H20N2O3. The molecule has 18 heavy (non-hydrogen) atoms. The van der Waals surface area contributed by atoms with E-state index in [1.807, 2.05) is 19.9 Å². The number of ether oxygens (including phenoxy) is 1. The van der Waals surface area contributed by atoms with Gasteiger partial charge in [0.1, 0.15) is 0 Å². The summed E-state index contributed by atoms with van der Waals surface area (Å²) in [4.78, 5) is 11.4. The van der Waals surface area contributed by atoms with Crippen molar-refractivity contribution in [3.63, 3.8) is 0 Å². The highest BCUT2D eigenvalue weighted by atomic mass is 16.5. The summed E-state index contributed by atoms with van der Waals surface area (Å²) in [5, 5.41) is 15.4. The van der Waals surface area contributed by atoms with Gasteiger partial charge in [-0.15, -0.1) is 0 Å². The number of hydrogen-bond acceptors (Lipinski definition) is 4.